The zero-order valence-electron chi connectivity index (χ0n) is 43.8. The highest BCUT2D eigenvalue weighted by Crippen LogP contribution is 2.25. The zero-order valence-corrected chi connectivity index (χ0v) is 43.8. The second kappa shape index (κ2) is 27.1. The van der Waals surface area contributed by atoms with E-state index in [9.17, 15) is 0 Å². The van der Waals surface area contributed by atoms with Gasteiger partial charge in [0.15, 0.2) is 0 Å². The highest BCUT2D eigenvalue weighted by Gasteiger charge is 2.20. The van der Waals surface area contributed by atoms with Gasteiger partial charge in [-0.3, -0.25) is 4.90 Å². The molecule has 0 aromatic heterocycles. The number of nitrogens with zero attached hydrogens (tertiary/aromatic N) is 7. The lowest BCUT2D eigenvalue weighted by atomic mass is 10.0. The van der Waals surface area contributed by atoms with Crippen LogP contribution in [0.4, 0.5) is 22.7 Å². The molecule has 4 saturated heterocycles. The van der Waals surface area contributed by atoms with E-state index in [1.54, 1.807) is 0 Å². The Morgan fingerprint density at radius 1 is 0.364 bits per heavy atom. The van der Waals surface area contributed by atoms with Gasteiger partial charge in [-0.2, -0.15) is 0 Å². The molecule has 364 valence electrons. The predicted octanol–water partition coefficient (Wildman–Crippen LogP) is 11.1. The SMILES string of the molecule is CC(C)c1ccc(N2CCN(C(C)C)CC2)cc1.CC(C)c1ccc(N2CCN(C)CC2)cc1.CC(C)c1ccc(N2CCNCC2)cc1.CCN1CCN(c2ccc(C(C)C)cc2)CC1. The van der Waals surface area contributed by atoms with E-state index in [0.717, 1.165) is 65.4 Å². The summed E-state index contributed by atoms with van der Waals surface area (Å²) in [5.74, 6) is 2.50. The normalized spacial score (nSPS) is 17.7. The van der Waals surface area contributed by atoms with Gasteiger partial charge in [-0.25, -0.2) is 0 Å². The molecule has 8 heteroatoms. The second-order valence-electron chi connectivity index (χ2n) is 20.6. The van der Waals surface area contributed by atoms with E-state index >= 15 is 0 Å². The molecule has 4 aromatic rings. The van der Waals surface area contributed by atoms with Gasteiger partial charge >= 0.3 is 0 Å². The molecular formula is C58H92N8. The summed E-state index contributed by atoms with van der Waals surface area (Å²) in [5, 5.41) is 3.37. The van der Waals surface area contributed by atoms with E-state index < -0.39 is 0 Å². The molecular weight excluding hydrogens is 809 g/mol. The molecule has 66 heavy (non-hydrogen) atoms. The van der Waals surface area contributed by atoms with Crippen molar-refractivity contribution in [3.63, 3.8) is 0 Å². The minimum Gasteiger partial charge on any atom is -0.369 e. The van der Waals surface area contributed by atoms with Crippen LogP contribution in [0.25, 0.3) is 0 Å². The van der Waals surface area contributed by atoms with Gasteiger partial charge in [0.1, 0.15) is 0 Å². The Bertz CT molecular complexity index is 1880. The van der Waals surface area contributed by atoms with Crippen LogP contribution in [0.1, 0.15) is 122 Å². The summed E-state index contributed by atoms with van der Waals surface area (Å²) in [6, 6.07) is 36.9. The number of hydrogen-bond donors (Lipinski definition) is 1. The fourth-order valence-electron chi connectivity index (χ4n) is 9.09. The number of piperazine rings is 4. The van der Waals surface area contributed by atoms with Crippen LogP contribution in [0.2, 0.25) is 0 Å². The third-order valence-electron chi connectivity index (χ3n) is 14.2. The monoisotopic (exact) mass is 901 g/mol. The third kappa shape index (κ3) is 16.6. The van der Waals surface area contributed by atoms with Crippen molar-refractivity contribution in [1.29, 1.82) is 0 Å². The van der Waals surface area contributed by atoms with Gasteiger partial charge in [0, 0.05) is 134 Å². The smallest absolute Gasteiger partial charge is 0.0367 e. The van der Waals surface area contributed by atoms with E-state index in [0.29, 0.717) is 29.7 Å². The molecule has 4 fully saturated rings. The Labute approximate surface area is 404 Å². The summed E-state index contributed by atoms with van der Waals surface area (Å²) >= 11 is 0. The van der Waals surface area contributed by atoms with Crippen molar-refractivity contribution in [2.24, 2.45) is 0 Å². The molecule has 4 aliphatic rings. The molecule has 8 rings (SSSR count). The Morgan fingerprint density at radius 2 is 0.636 bits per heavy atom. The molecule has 0 bridgehead atoms. The largest absolute Gasteiger partial charge is 0.369 e. The average molecular weight is 901 g/mol. The summed E-state index contributed by atoms with van der Waals surface area (Å²) in [7, 11) is 2.19. The maximum atomic E-state index is 3.37. The molecule has 4 aromatic carbocycles. The van der Waals surface area contributed by atoms with Gasteiger partial charge in [0.25, 0.3) is 0 Å². The van der Waals surface area contributed by atoms with Crippen molar-refractivity contribution in [3.05, 3.63) is 119 Å². The van der Waals surface area contributed by atoms with Gasteiger partial charge in [-0.1, -0.05) is 111 Å². The van der Waals surface area contributed by atoms with E-state index in [-0.39, 0.29) is 0 Å². The molecule has 1 N–H and O–H groups in total. The predicted molar refractivity (Wildman–Crippen MR) is 290 cm³/mol. The number of likely N-dealkylation sites (N-methyl/N-ethyl adjacent to an activating group) is 2. The molecule has 0 saturated carbocycles. The summed E-state index contributed by atoms with van der Waals surface area (Å²) in [4.78, 5) is 17.4. The van der Waals surface area contributed by atoms with Gasteiger partial charge in [0.2, 0.25) is 0 Å². The maximum absolute atomic E-state index is 3.37. The van der Waals surface area contributed by atoms with Crippen molar-refractivity contribution in [1.82, 2.24) is 20.0 Å². The third-order valence-corrected chi connectivity index (χ3v) is 14.2. The Balaban J connectivity index is 0.000000165. The molecule has 0 atom stereocenters. The Hall–Kier alpha value is -4.08. The number of rotatable bonds is 10. The van der Waals surface area contributed by atoms with Gasteiger partial charge < -0.3 is 34.7 Å². The van der Waals surface area contributed by atoms with Crippen LogP contribution >= 0.6 is 0 Å². The lowest BCUT2D eigenvalue weighted by Gasteiger charge is -2.38. The zero-order chi connectivity index (χ0) is 47.6. The molecule has 0 radical (unpaired) electrons. The topological polar surface area (TPSA) is 34.7 Å². The van der Waals surface area contributed by atoms with Crippen LogP contribution in [-0.2, 0) is 0 Å². The number of benzene rings is 4. The molecule has 0 unspecified atom stereocenters. The standard InChI is InChI=1S/C16H26N2.C15H24N2.C14H22N2.C13H20N2/c1-13(2)15-5-7-16(8-6-15)18-11-9-17(10-12-18)14(3)4;1-4-16-9-11-17(12-10-16)15-7-5-14(6-8-15)13(2)3;1-12(2)13-4-6-14(7-5-13)16-10-8-15(3)9-11-16;1-11(2)12-3-5-13(6-4-12)15-9-7-14-8-10-15/h5-8,13-14H,9-12H2,1-4H3;5-8,13H,4,9-12H2,1-3H3;4-7,12H,8-11H2,1-3H3;3-6,11,14H,7-10H2,1-2H3. The molecule has 0 amide bonds. The lowest BCUT2D eigenvalue weighted by molar-refractivity contribution is 0.209. The van der Waals surface area contributed by atoms with E-state index in [4.69, 9.17) is 0 Å². The fourth-order valence-corrected chi connectivity index (χ4v) is 9.09. The minimum absolute atomic E-state index is 0.622. The number of anilines is 4. The second-order valence-corrected chi connectivity index (χ2v) is 20.6. The first-order chi connectivity index (χ1) is 31.7. The van der Waals surface area contributed by atoms with Crippen LogP contribution in [-0.4, -0.2) is 139 Å². The first-order valence-corrected chi connectivity index (χ1v) is 26.0. The van der Waals surface area contributed by atoms with Crippen LogP contribution in [0.15, 0.2) is 97.1 Å². The van der Waals surface area contributed by atoms with Crippen molar-refractivity contribution in [3.8, 4) is 0 Å². The van der Waals surface area contributed by atoms with Crippen molar-refractivity contribution in [2.45, 2.75) is 106 Å². The van der Waals surface area contributed by atoms with Gasteiger partial charge in [-0.05, 0) is 122 Å². The molecule has 0 spiro atoms. The van der Waals surface area contributed by atoms with Gasteiger partial charge in [-0.15, -0.1) is 0 Å². The summed E-state index contributed by atoms with van der Waals surface area (Å²) in [6.45, 7) is 44.4. The first-order valence-electron chi connectivity index (χ1n) is 26.0. The van der Waals surface area contributed by atoms with Gasteiger partial charge in [0.05, 0.1) is 0 Å². The van der Waals surface area contributed by atoms with Crippen LogP contribution in [0, 0.1) is 0 Å². The summed E-state index contributed by atoms with van der Waals surface area (Å²) < 4.78 is 0. The molecule has 0 aliphatic carbocycles. The summed E-state index contributed by atoms with van der Waals surface area (Å²) in [5.41, 5.74) is 11.2. The lowest BCUT2D eigenvalue weighted by Crippen LogP contribution is -2.48. The van der Waals surface area contributed by atoms with Crippen molar-refractivity contribution < 1.29 is 0 Å². The maximum Gasteiger partial charge on any atom is 0.0367 e. The number of hydrogen-bond acceptors (Lipinski definition) is 8. The first kappa shape index (κ1) is 52.9. The van der Waals surface area contributed by atoms with Crippen molar-refractivity contribution >= 4 is 22.7 Å². The highest BCUT2D eigenvalue weighted by molar-refractivity contribution is 5.51. The van der Waals surface area contributed by atoms with Crippen molar-refractivity contribution in [2.75, 3.05) is 138 Å². The minimum atomic E-state index is 0.622. The quantitative estimate of drug-likeness (QED) is 0.169. The molecule has 4 heterocycles. The van der Waals surface area contributed by atoms with E-state index in [1.807, 2.05) is 0 Å². The fraction of sp³-hybridized carbons (Fsp3) is 0.586. The van der Waals surface area contributed by atoms with Crippen LogP contribution in [0.3, 0.4) is 0 Å². The molecule has 4 aliphatic heterocycles. The van der Waals surface area contributed by atoms with Crippen LogP contribution in [0.5, 0.6) is 0 Å². The average Bonchev–Trinajstić information content (AvgIpc) is 3.35. The summed E-state index contributed by atoms with van der Waals surface area (Å²) in [6.07, 6.45) is 0. The Morgan fingerprint density at radius 3 is 0.909 bits per heavy atom. The van der Waals surface area contributed by atoms with E-state index in [1.165, 1.54) is 90.8 Å². The molecule has 8 nitrogen and oxygen atoms in total. The van der Waals surface area contributed by atoms with E-state index in [2.05, 4.69) is 220 Å². The number of nitrogens with one attached hydrogen (secondary N) is 1. The Kier molecular flexibility index (Phi) is 21.7. The van der Waals surface area contributed by atoms with Crippen LogP contribution < -0.4 is 24.9 Å². The highest BCUT2D eigenvalue weighted by atomic mass is 15.3.